The van der Waals surface area contributed by atoms with Crippen LogP contribution in [0.3, 0.4) is 0 Å². The van der Waals surface area contributed by atoms with E-state index in [4.69, 9.17) is 5.26 Å². The van der Waals surface area contributed by atoms with Gasteiger partial charge >= 0.3 is 0 Å². The van der Waals surface area contributed by atoms with Crippen LogP contribution < -0.4 is 0 Å². The van der Waals surface area contributed by atoms with Crippen molar-refractivity contribution in [2.75, 3.05) is 19.6 Å². The molecule has 0 spiro atoms. The number of piperidine rings is 1. The van der Waals surface area contributed by atoms with Gasteiger partial charge in [0.1, 0.15) is 0 Å². The van der Waals surface area contributed by atoms with E-state index in [2.05, 4.69) is 11.0 Å². The number of likely N-dealkylation sites (tertiary alicyclic amines) is 1. The van der Waals surface area contributed by atoms with Crippen LogP contribution in [0.2, 0.25) is 0 Å². The molecule has 104 valence electrons. The first kappa shape index (κ1) is 12.2. The van der Waals surface area contributed by atoms with Crippen molar-refractivity contribution in [3.63, 3.8) is 0 Å². The Balaban J connectivity index is 1.41. The van der Waals surface area contributed by atoms with Crippen molar-refractivity contribution < 1.29 is 0 Å². The highest BCUT2D eigenvalue weighted by molar-refractivity contribution is 4.99. The van der Waals surface area contributed by atoms with Crippen LogP contribution in [0.25, 0.3) is 0 Å². The van der Waals surface area contributed by atoms with Crippen LogP contribution in [-0.2, 0) is 0 Å². The second-order valence-corrected chi connectivity index (χ2v) is 7.82. The van der Waals surface area contributed by atoms with E-state index in [1.807, 2.05) is 0 Å². The fraction of sp³-hybridized carbons (Fsp3) is 0.941. The molecule has 1 unspecified atom stereocenters. The lowest BCUT2D eigenvalue weighted by molar-refractivity contribution is -0.0517. The normalized spacial score (nSPS) is 49.2. The lowest BCUT2D eigenvalue weighted by atomic mass is 9.52. The summed E-state index contributed by atoms with van der Waals surface area (Å²) in [5.41, 5.74) is 0. The second kappa shape index (κ2) is 4.77. The summed E-state index contributed by atoms with van der Waals surface area (Å²) < 4.78 is 0. The highest BCUT2D eigenvalue weighted by atomic mass is 15.1. The largest absolute Gasteiger partial charge is 0.302 e. The number of hydrogen-bond donors (Lipinski definition) is 0. The van der Waals surface area contributed by atoms with Crippen LogP contribution in [0.5, 0.6) is 0 Å². The van der Waals surface area contributed by atoms with Crippen LogP contribution in [0.4, 0.5) is 0 Å². The van der Waals surface area contributed by atoms with E-state index in [0.29, 0.717) is 5.92 Å². The molecule has 1 heterocycles. The van der Waals surface area contributed by atoms with Gasteiger partial charge in [-0.2, -0.15) is 5.26 Å². The Labute approximate surface area is 117 Å². The molecule has 0 aromatic rings. The van der Waals surface area contributed by atoms with Crippen molar-refractivity contribution in [3.05, 3.63) is 0 Å². The number of nitriles is 1. The Morgan fingerprint density at radius 1 is 1.00 bits per heavy atom. The third kappa shape index (κ3) is 2.21. The van der Waals surface area contributed by atoms with Gasteiger partial charge in [0.2, 0.25) is 0 Å². The maximum absolute atomic E-state index is 9.14. The lowest BCUT2D eigenvalue weighted by Gasteiger charge is -2.55. The maximum atomic E-state index is 9.14. The molecule has 1 saturated heterocycles. The van der Waals surface area contributed by atoms with E-state index < -0.39 is 0 Å². The van der Waals surface area contributed by atoms with Gasteiger partial charge in [0.05, 0.1) is 12.0 Å². The molecule has 4 saturated carbocycles. The summed E-state index contributed by atoms with van der Waals surface area (Å²) in [5, 5.41) is 9.14. The first-order valence-corrected chi connectivity index (χ1v) is 8.43. The number of nitrogens with zero attached hydrogens (tertiary/aromatic N) is 2. The van der Waals surface area contributed by atoms with Crippen LogP contribution in [0.1, 0.15) is 44.9 Å². The Kier molecular flexibility index (Phi) is 3.07. The van der Waals surface area contributed by atoms with Gasteiger partial charge < -0.3 is 4.90 Å². The summed E-state index contributed by atoms with van der Waals surface area (Å²) >= 11 is 0. The summed E-state index contributed by atoms with van der Waals surface area (Å²) in [6, 6.07) is 2.49. The molecule has 0 aromatic heterocycles. The van der Waals surface area contributed by atoms with Gasteiger partial charge in [0.25, 0.3) is 0 Å². The molecule has 4 bridgehead atoms. The smallest absolute Gasteiger partial charge is 0.0669 e. The number of rotatable bonds is 2. The summed E-state index contributed by atoms with van der Waals surface area (Å²) in [6.07, 6.45) is 10.1. The van der Waals surface area contributed by atoms with Crippen LogP contribution >= 0.6 is 0 Å². The topological polar surface area (TPSA) is 27.0 Å². The van der Waals surface area contributed by atoms with E-state index >= 15 is 0 Å². The Bertz CT molecular complexity index is 355. The Morgan fingerprint density at radius 2 is 1.68 bits per heavy atom. The van der Waals surface area contributed by atoms with Crippen molar-refractivity contribution in [2.24, 2.45) is 35.5 Å². The first-order valence-electron chi connectivity index (χ1n) is 8.43. The minimum absolute atomic E-state index is 0.311. The molecule has 0 aromatic carbocycles. The maximum Gasteiger partial charge on any atom is 0.0669 e. The molecule has 19 heavy (non-hydrogen) atoms. The third-order valence-corrected chi connectivity index (χ3v) is 6.58. The van der Waals surface area contributed by atoms with E-state index in [1.165, 1.54) is 45.2 Å². The Morgan fingerprint density at radius 3 is 2.32 bits per heavy atom. The lowest BCUT2D eigenvalue weighted by Crippen LogP contribution is -2.50. The molecule has 0 radical (unpaired) electrons. The Hall–Kier alpha value is -0.550. The van der Waals surface area contributed by atoms with E-state index in [0.717, 1.165) is 42.6 Å². The monoisotopic (exact) mass is 258 g/mol. The van der Waals surface area contributed by atoms with E-state index in [9.17, 15) is 0 Å². The highest BCUT2D eigenvalue weighted by Crippen LogP contribution is 2.56. The van der Waals surface area contributed by atoms with Crippen LogP contribution in [0.15, 0.2) is 0 Å². The summed E-state index contributed by atoms with van der Waals surface area (Å²) in [5.74, 6) is 5.55. The van der Waals surface area contributed by atoms with Crippen LogP contribution in [0, 0.1) is 46.8 Å². The predicted octanol–water partition coefficient (Wildman–Crippen LogP) is 3.29. The van der Waals surface area contributed by atoms with Gasteiger partial charge in [-0.05, 0) is 81.1 Å². The van der Waals surface area contributed by atoms with Crippen molar-refractivity contribution >= 4 is 0 Å². The fourth-order valence-electron chi connectivity index (χ4n) is 5.96. The molecule has 0 N–H and O–H groups in total. The van der Waals surface area contributed by atoms with Gasteiger partial charge in [0.15, 0.2) is 0 Å². The van der Waals surface area contributed by atoms with Crippen LogP contribution in [-0.4, -0.2) is 24.5 Å². The number of hydrogen-bond acceptors (Lipinski definition) is 2. The van der Waals surface area contributed by atoms with Crippen molar-refractivity contribution in [1.29, 1.82) is 5.26 Å². The minimum atomic E-state index is 0.311. The second-order valence-electron chi connectivity index (χ2n) is 7.82. The van der Waals surface area contributed by atoms with E-state index in [1.54, 1.807) is 6.42 Å². The average Bonchev–Trinajstić information content (AvgIpc) is 2.42. The van der Waals surface area contributed by atoms with Gasteiger partial charge in [-0.25, -0.2) is 0 Å². The predicted molar refractivity (Wildman–Crippen MR) is 75.3 cm³/mol. The first-order chi connectivity index (χ1) is 9.31. The molecule has 2 heteroatoms. The van der Waals surface area contributed by atoms with Gasteiger partial charge in [-0.1, -0.05) is 0 Å². The zero-order valence-corrected chi connectivity index (χ0v) is 11.9. The molecule has 2 nitrogen and oxygen atoms in total. The van der Waals surface area contributed by atoms with Crippen molar-refractivity contribution in [1.82, 2.24) is 4.90 Å². The zero-order valence-electron chi connectivity index (χ0n) is 11.9. The zero-order chi connectivity index (χ0) is 12.8. The SMILES string of the molecule is N#CC1CCCN(CC2C3CC4CC(C3)CC2C4)C1. The summed E-state index contributed by atoms with van der Waals surface area (Å²) in [4.78, 5) is 2.63. The molecular formula is C17H26N2. The average molecular weight is 258 g/mol. The molecule has 0 amide bonds. The molecule has 5 aliphatic rings. The van der Waals surface area contributed by atoms with Gasteiger partial charge in [0, 0.05) is 13.1 Å². The summed E-state index contributed by atoms with van der Waals surface area (Å²) in [7, 11) is 0. The van der Waals surface area contributed by atoms with E-state index in [-0.39, 0.29) is 0 Å². The fourth-order valence-corrected chi connectivity index (χ4v) is 5.96. The van der Waals surface area contributed by atoms with Crippen molar-refractivity contribution in [2.45, 2.75) is 44.9 Å². The third-order valence-electron chi connectivity index (χ3n) is 6.58. The molecule has 4 aliphatic carbocycles. The molecule has 1 atom stereocenters. The molecule has 1 aliphatic heterocycles. The molecular weight excluding hydrogens is 232 g/mol. The molecule has 5 rings (SSSR count). The standard InChI is InChI=1S/C17H26N2/c18-9-12-2-1-3-19(10-12)11-17-15-5-13-4-14(7-15)8-16(17)6-13/h12-17H,1-8,10-11H2. The quantitative estimate of drug-likeness (QED) is 0.760. The summed E-state index contributed by atoms with van der Waals surface area (Å²) in [6.45, 7) is 3.62. The van der Waals surface area contributed by atoms with Gasteiger partial charge in [-0.3, -0.25) is 0 Å². The molecule has 5 fully saturated rings. The van der Waals surface area contributed by atoms with Crippen molar-refractivity contribution in [3.8, 4) is 6.07 Å². The minimum Gasteiger partial charge on any atom is -0.302 e. The van der Waals surface area contributed by atoms with Gasteiger partial charge in [-0.15, -0.1) is 0 Å². The highest BCUT2D eigenvalue weighted by Gasteiger charge is 2.48.